The highest BCUT2D eigenvalue weighted by Crippen LogP contribution is 2.21. The van der Waals surface area contributed by atoms with E-state index in [9.17, 15) is 9.59 Å². The first-order valence-corrected chi connectivity index (χ1v) is 7.59. The normalized spacial score (nSPS) is 19.0. The van der Waals surface area contributed by atoms with Gasteiger partial charge >= 0.3 is 0 Å². The van der Waals surface area contributed by atoms with Crippen molar-refractivity contribution in [2.24, 2.45) is 11.8 Å². The van der Waals surface area contributed by atoms with Crippen molar-refractivity contribution >= 4 is 29.9 Å². The van der Waals surface area contributed by atoms with Gasteiger partial charge in [0, 0.05) is 37.8 Å². The summed E-state index contributed by atoms with van der Waals surface area (Å²) in [5.41, 5.74) is 0.835. The van der Waals surface area contributed by atoms with Crippen molar-refractivity contribution in [1.29, 1.82) is 0 Å². The summed E-state index contributed by atoms with van der Waals surface area (Å²) < 4.78 is 0. The number of nitrogens with zero attached hydrogens (tertiary/aromatic N) is 1. The van der Waals surface area contributed by atoms with Gasteiger partial charge in [-0.2, -0.15) is 0 Å². The second-order valence-corrected chi connectivity index (χ2v) is 5.81. The van der Waals surface area contributed by atoms with Crippen LogP contribution in [-0.4, -0.2) is 42.9 Å². The molecule has 3 rings (SSSR count). The first-order valence-electron chi connectivity index (χ1n) is 7.59. The van der Waals surface area contributed by atoms with Crippen LogP contribution in [0.4, 0.5) is 5.69 Å². The second-order valence-electron chi connectivity index (χ2n) is 5.81. The lowest BCUT2D eigenvalue weighted by Gasteiger charge is -2.36. The molecule has 2 fully saturated rings. The number of nitrogens with one attached hydrogen (secondary N) is 2. The zero-order chi connectivity index (χ0) is 14.7. The van der Waals surface area contributed by atoms with Gasteiger partial charge in [0.2, 0.25) is 11.8 Å². The molecule has 120 valence electrons. The smallest absolute Gasteiger partial charge is 0.228 e. The number of carbonyl (C=O) groups is 2. The molecule has 5 nitrogen and oxygen atoms in total. The number of anilines is 1. The summed E-state index contributed by atoms with van der Waals surface area (Å²) in [6.45, 7) is 2.99. The van der Waals surface area contributed by atoms with E-state index in [1.54, 1.807) is 0 Å². The minimum atomic E-state index is 0. The second kappa shape index (κ2) is 7.61. The lowest BCUT2D eigenvalue weighted by atomic mass is 9.93. The van der Waals surface area contributed by atoms with Crippen molar-refractivity contribution in [3.8, 4) is 0 Å². The maximum absolute atomic E-state index is 12.2. The predicted molar refractivity (Wildman–Crippen MR) is 88.0 cm³/mol. The van der Waals surface area contributed by atoms with Crippen LogP contribution in [0, 0.1) is 11.8 Å². The van der Waals surface area contributed by atoms with E-state index in [4.69, 9.17) is 0 Å². The molecule has 2 saturated heterocycles. The largest absolute Gasteiger partial charge is 0.342 e. The molecule has 0 spiro atoms. The van der Waals surface area contributed by atoms with E-state index in [-0.39, 0.29) is 36.1 Å². The topological polar surface area (TPSA) is 61.4 Å². The number of hydrogen-bond acceptors (Lipinski definition) is 3. The molecule has 22 heavy (non-hydrogen) atoms. The Labute approximate surface area is 136 Å². The van der Waals surface area contributed by atoms with E-state index >= 15 is 0 Å². The highest BCUT2D eigenvalue weighted by Gasteiger charge is 2.33. The maximum atomic E-state index is 12.2. The molecule has 2 N–H and O–H groups in total. The summed E-state index contributed by atoms with van der Waals surface area (Å²) in [4.78, 5) is 26.3. The Morgan fingerprint density at radius 2 is 1.68 bits per heavy atom. The highest BCUT2D eigenvalue weighted by molar-refractivity contribution is 5.92. The molecule has 1 aromatic rings. The van der Waals surface area contributed by atoms with Crippen molar-refractivity contribution in [3.63, 3.8) is 0 Å². The van der Waals surface area contributed by atoms with Crippen LogP contribution in [0.5, 0.6) is 0 Å². The minimum absolute atomic E-state index is 0. The monoisotopic (exact) mass is 323 g/mol. The summed E-state index contributed by atoms with van der Waals surface area (Å²) in [7, 11) is 0. The molecule has 2 amide bonds. The Hall–Kier alpha value is -1.59. The molecule has 2 aliphatic rings. The third kappa shape index (κ3) is 3.78. The molecule has 2 heterocycles. The zero-order valence-corrected chi connectivity index (χ0v) is 13.3. The number of carbonyl (C=O) groups excluding carboxylic acids is 2. The van der Waals surface area contributed by atoms with Gasteiger partial charge in [-0.25, -0.2) is 0 Å². The van der Waals surface area contributed by atoms with Crippen LogP contribution in [0.25, 0.3) is 0 Å². The fourth-order valence-electron chi connectivity index (χ4n) is 2.85. The molecule has 0 radical (unpaired) electrons. The lowest BCUT2D eigenvalue weighted by molar-refractivity contribution is -0.139. The molecule has 2 aliphatic heterocycles. The highest BCUT2D eigenvalue weighted by atomic mass is 35.5. The summed E-state index contributed by atoms with van der Waals surface area (Å²) in [6.07, 6.45) is 1.51. The number of para-hydroxylation sites is 1. The Morgan fingerprint density at radius 1 is 1.05 bits per heavy atom. The van der Waals surface area contributed by atoms with Crippen molar-refractivity contribution < 1.29 is 9.59 Å². The van der Waals surface area contributed by atoms with Crippen LogP contribution in [0.15, 0.2) is 30.3 Å². The average molecular weight is 324 g/mol. The Morgan fingerprint density at radius 3 is 2.23 bits per heavy atom. The van der Waals surface area contributed by atoms with E-state index in [2.05, 4.69) is 10.6 Å². The number of rotatable bonds is 3. The van der Waals surface area contributed by atoms with Gasteiger partial charge in [0.25, 0.3) is 0 Å². The Bertz CT molecular complexity index is 511. The van der Waals surface area contributed by atoms with Crippen LogP contribution >= 0.6 is 12.4 Å². The summed E-state index contributed by atoms with van der Waals surface area (Å²) in [5.74, 6) is 0.475. The molecule has 0 atom stereocenters. The quantitative estimate of drug-likeness (QED) is 0.886. The number of benzene rings is 1. The third-order valence-electron chi connectivity index (χ3n) is 4.35. The van der Waals surface area contributed by atoms with E-state index in [1.165, 1.54) is 0 Å². The SMILES string of the molecule is Cl.O=C(Nc1ccccc1)C1CCN(C(=O)C2CNC2)CC1. The van der Waals surface area contributed by atoms with Gasteiger partial charge in [0.05, 0.1) is 5.92 Å². The number of likely N-dealkylation sites (tertiary alicyclic amines) is 1. The van der Waals surface area contributed by atoms with Gasteiger partial charge in [-0.05, 0) is 25.0 Å². The lowest BCUT2D eigenvalue weighted by Crippen LogP contribution is -2.53. The van der Waals surface area contributed by atoms with Gasteiger partial charge < -0.3 is 15.5 Å². The van der Waals surface area contributed by atoms with Gasteiger partial charge in [-0.3, -0.25) is 9.59 Å². The molecule has 0 bridgehead atoms. The number of halogens is 1. The predicted octanol–water partition coefficient (Wildman–Crippen LogP) is 1.50. The fraction of sp³-hybridized carbons (Fsp3) is 0.500. The van der Waals surface area contributed by atoms with Crippen LogP contribution in [0.2, 0.25) is 0 Å². The molecular formula is C16H22ClN3O2. The summed E-state index contributed by atoms with van der Waals surface area (Å²) in [6, 6.07) is 9.52. The first kappa shape index (κ1) is 16.8. The molecule has 0 unspecified atom stereocenters. The van der Waals surface area contributed by atoms with E-state index < -0.39 is 0 Å². The van der Waals surface area contributed by atoms with E-state index in [0.29, 0.717) is 13.1 Å². The average Bonchev–Trinajstić information content (AvgIpc) is 2.46. The number of hydrogen-bond donors (Lipinski definition) is 2. The van der Waals surface area contributed by atoms with Gasteiger partial charge in [-0.1, -0.05) is 18.2 Å². The van der Waals surface area contributed by atoms with Crippen LogP contribution in [0.1, 0.15) is 12.8 Å². The van der Waals surface area contributed by atoms with Crippen LogP contribution in [-0.2, 0) is 9.59 Å². The van der Waals surface area contributed by atoms with Crippen molar-refractivity contribution in [2.75, 3.05) is 31.5 Å². The molecule has 0 aliphatic carbocycles. The Kier molecular flexibility index (Phi) is 5.80. The molecular weight excluding hydrogens is 302 g/mol. The molecule has 1 aromatic carbocycles. The molecule has 6 heteroatoms. The number of amides is 2. The third-order valence-corrected chi connectivity index (χ3v) is 4.35. The number of piperidine rings is 1. The Balaban J connectivity index is 0.00000176. The van der Waals surface area contributed by atoms with E-state index in [1.807, 2.05) is 35.2 Å². The van der Waals surface area contributed by atoms with Gasteiger partial charge in [0.1, 0.15) is 0 Å². The van der Waals surface area contributed by atoms with Crippen molar-refractivity contribution in [2.45, 2.75) is 12.8 Å². The van der Waals surface area contributed by atoms with Crippen molar-refractivity contribution in [1.82, 2.24) is 10.2 Å². The van der Waals surface area contributed by atoms with Crippen LogP contribution < -0.4 is 10.6 Å². The summed E-state index contributed by atoms with van der Waals surface area (Å²) in [5, 5.41) is 6.07. The maximum Gasteiger partial charge on any atom is 0.228 e. The zero-order valence-electron chi connectivity index (χ0n) is 12.5. The first-order chi connectivity index (χ1) is 10.2. The van der Waals surface area contributed by atoms with Crippen molar-refractivity contribution in [3.05, 3.63) is 30.3 Å². The van der Waals surface area contributed by atoms with Gasteiger partial charge in [0.15, 0.2) is 0 Å². The minimum Gasteiger partial charge on any atom is -0.342 e. The van der Waals surface area contributed by atoms with Crippen LogP contribution in [0.3, 0.4) is 0 Å². The molecule has 0 saturated carbocycles. The van der Waals surface area contributed by atoms with E-state index in [0.717, 1.165) is 31.6 Å². The molecule has 0 aromatic heterocycles. The standard InChI is InChI=1S/C16H21N3O2.ClH/c20-15(18-14-4-2-1-3-5-14)12-6-8-19(9-7-12)16(21)13-10-17-11-13;/h1-5,12-13,17H,6-11H2,(H,18,20);1H. The van der Waals surface area contributed by atoms with Gasteiger partial charge in [-0.15, -0.1) is 12.4 Å². The fourth-order valence-corrected chi connectivity index (χ4v) is 2.85. The summed E-state index contributed by atoms with van der Waals surface area (Å²) >= 11 is 0.